The van der Waals surface area contributed by atoms with Crippen molar-refractivity contribution in [2.45, 2.75) is 12.1 Å². The Kier molecular flexibility index (Phi) is 7.86. The second-order valence-electron chi connectivity index (χ2n) is 12.1. The van der Waals surface area contributed by atoms with E-state index in [0.717, 1.165) is 0 Å². The molecule has 0 spiro atoms. The fourth-order valence-corrected chi connectivity index (χ4v) is 7.27. The van der Waals surface area contributed by atoms with Crippen LogP contribution in [-0.2, 0) is 28.4 Å². The average Bonchev–Trinajstić information content (AvgIpc) is 3.90. The lowest BCUT2D eigenvalue weighted by Gasteiger charge is -2.26. The van der Waals surface area contributed by atoms with Crippen molar-refractivity contribution in [2.75, 3.05) is 78.8 Å². The van der Waals surface area contributed by atoms with Gasteiger partial charge in [0.2, 0.25) is 0 Å². The van der Waals surface area contributed by atoms with E-state index in [1.807, 2.05) is 0 Å². The molecule has 6 aliphatic rings. The first-order chi connectivity index (χ1) is 23.6. The number of aromatic nitrogens is 4. The van der Waals surface area contributed by atoms with Crippen LogP contribution < -0.4 is 0 Å². The Morgan fingerprint density at radius 1 is 0.694 bits per heavy atom. The second kappa shape index (κ2) is 12.2. The first kappa shape index (κ1) is 31.4. The van der Waals surface area contributed by atoms with Gasteiger partial charge in [0, 0.05) is 51.7 Å². The van der Waals surface area contributed by atoms with Crippen LogP contribution in [0.2, 0.25) is 0 Å². The highest BCUT2D eigenvalue weighted by molar-refractivity contribution is 7.81. The Balaban J connectivity index is 0.933. The van der Waals surface area contributed by atoms with Gasteiger partial charge in [0.25, 0.3) is 11.8 Å². The van der Waals surface area contributed by atoms with Gasteiger partial charge >= 0.3 is 22.5 Å². The van der Waals surface area contributed by atoms with E-state index < -0.39 is 34.5 Å². The molecule has 0 saturated carbocycles. The number of hydrogen-bond acceptors (Lipinski definition) is 12. The van der Waals surface area contributed by atoms with Crippen LogP contribution in [-0.4, -0.2) is 172 Å². The molecule has 2 aromatic rings. The molecular formula is C28H32N10O10S. The molecule has 2 unspecified atom stereocenters. The van der Waals surface area contributed by atoms with Gasteiger partial charge in [-0.2, -0.15) is 28.7 Å². The lowest BCUT2D eigenvalue weighted by atomic mass is 10.2. The highest BCUT2D eigenvalue weighted by Crippen LogP contribution is 2.31. The SMILES string of the molecule is O=C(c1ccn(C2=CC3CN(C2)C(=O)N3OS(=O)(=O)ON2C(=O)N3CC(n4ccc(C(=O)N5CCOCC5)n4)=CC2C3)n1)N1CCOCC1. The van der Waals surface area contributed by atoms with Crippen molar-refractivity contribution in [2.24, 2.45) is 0 Å². The van der Waals surface area contributed by atoms with Crippen LogP contribution in [0.4, 0.5) is 9.59 Å². The summed E-state index contributed by atoms with van der Waals surface area (Å²) in [6, 6.07) is 0.0609. The lowest BCUT2D eigenvalue weighted by Crippen LogP contribution is -2.41. The smallest absolute Gasteiger partial charge is 0.378 e. The summed E-state index contributed by atoms with van der Waals surface area (Å²) >= 11 is 0. The van der Waals surface area contributed by atoms with Gasteiger partial charge in [-0.1, -0.05) is 0 Å². The van der Waals surface area contributed by atoms with Crippen molar-refractivity contribution in [3.8, 4) is 0 Å². The van der Waals surface area contributed by atoms with Crippen LogP contribution in [0.25, 0.3) is 11.4 Å². The molecule has 2 atom stereocenters. The monoisotopic (exact) mass is 700 g/mol. The van der Waals surface area contributed by atoms with Crippen molar-refractivity contribution in [1.82, 2.24) is 49.3 Å². The summed E-state index contributed by atoms with van der Waals surface area (Å²) in [5.74, 6) is -0.475. The molecule has 20 nitrogen and oxygen atoms in total. The van der Waals surface area contributed by atoms with E-state index in [4.69, 9.17) is 18.0 Å². The minimum atomic E-state index is -4.96. The van der Waals surface area contributed by atoms with Gasteiger partial charge in [0.1, 0.15) is 12.1 Å². The summed E-state index contributed by atoms with van der Waals surface area (Å²) in [5, 5.41) is 10.1. The second-order valence-corrected chi connectivity index (χ2v) is 13.2. The molecule has 21 heteroatoms. The fourth-order valence-electron chi connectivity index (χ4n) is 6.50. The third-order valence-electron chi connectivity index (χ3n) is 8.96. The molecule has 4 fully saturated rings. The number of fused-ring (bicyclic) bond motifs is 4. The van der Waals surface area contributed by atoms with Crippen molar-refractivity contribution in [1.29, 1.82) is 0 Å². The largest absolute Gasteiger partial charge is 0.442 e. The van der Waals surface area contributed by atoms with E-state index in [2.05, 4.69) is 10.2 Å². The van der Waals surface area contributed by atoms with Gasteiger partial charge in [-0.15, -0.1) is 8.57 Å². The average molecular weight is 701 g/mol. The number of rotatable bonds is 8. The predicted molar refractivity (Wildman–Crippen MR) is 163 cm³/mol. The van der Waals surface area contributed by atoms with Crippen molar-refractivity contribution < 1.29 is 45.6 Å². The number of carbonyl (C=O) groups is 4. The number of morpholine rings is 2. The number of urea groups is 2. The van der Waals surface area contributed by atoms with E-state index in [-0.39, 0.29) is 49.4 Å². The van der Waals surface area contributed by atoms with E-state index in [1.54, 1.807) is 46.5 Å². The van der Waals surface area contributed by atoms with Gasteiger partial charge in [-0.25, -0.2) is 19.0 Å². The molecular weight excluding hydrogens is 668 g/mol. The highest BCUT2D eigenvalue weighted by Gasteiger charge is 2.48. The van der Waals surface area contributed by atoms with Gasteiger partial charge in [0.05, 0.1) is 50.9 Å². The number of hydroxylamine groups is 4. The number of hydrogen-bond donors (Lipinski definition) is 0. The normalized spacial score (nSPS) is 24.2. The topological polar surface area (TPSA) is 194 Å². The zero-order valence-corrected chi connectivity index (χ0v) is 26.9. The van der Waals surface area contributed by atoms with Crippen LogP contribution in [0.15, 0.2) is 36.7 Å². The van der Waals surface area contributed by atoms with Crippen LogP contribution in [0, 0.1) is 0 Å². The zero-order valence-electron chi connectivity index (χ0n) is 26.1. The molecule has 8 heterocycles. The molecule has 0 N–H and O–H groups in total. The van der Waals surface area contributed by atoms with Crippen LogP contribution in [0.5, 0.6) is 0 Å². The molecule has 49 heavy (non-hydrogen) atoms. The number of amides is 6. The van der Waals surface area contributed by atoms with Gasteiger partial charge in [0.15, 0.2) is 11.4 Å². The minimum Gasteiger partial charge on any atom is -0.378 e. The Hall–Kier alpha value is -4.83. The van der Waals surface area contributed by atoms with Crippen LogP contribution >= 0.6 is 0 Å². The Labute approximate surface area is 279 Å². The van der Waals surface area contributed by atoms with Gasteiger partial charge in [-0.05, 0) is 24.3 Å². The van der Waals surface area contributed by atoms with Crippen molar-refractivity contribution in [3.63, 3.8) is 0 Å². The Morgan fingerprint density at radius 2 is 1.10 bits per heavy atom. The lowest BCUT2D eigenvalue weighted by molar-refractivity contribution is -0.0723. The number of ether oxygens (including phenoxy) is 2. The molecule has 2 aromatic heterocycles. The van der Waals surface area contributed by atoms with Crippen LogP contribution in [0.3, 0.4) is 0 Å². The van der Waals surface area contributed by atoms with Crippen molar-refractivity contribution >= 4 is 45.7 Å². The summed E-state index contributed by atoms with van der Waals surface area (Å²) in [6.07, 6.45) is 6.45. The summed E-state index contributed by atoms with van der Waals surface area (Å²) in [5.41, 5.74) is 1.54. The summed E-state index contributed by atoms with van der Waals surface area (Å²) in [4.78, 5) is 58.0. The molecule has 0 radical (unpaired) electrons. The molecule has 6 amide bonds. The van der Waals surface area contributed by atoms with Crippen molar-refractivity contribution in [3.05, 3.63) is 48.1 Å². The maximum absolute atomic E-state index is 13.1. The Morgan fingerprint density at radius 3 is 1.51 bits per heavy atom. The zero-order chi connectivity index (χ0) is 33.9. The third kappa shape index (κ3) is 5.92. The minimum absolute atomic E-state index is 0.0887. The van der Waals surface area contributed by atoms with Gasteiger partial charge in [-0.3, -0.25) is 9.59 Å². The first-order valence-corrected chi connectivity index (χ1v) is 17.0. The molecule has 0 aliphatic carbocycles. The predicted octanol–water partition coefficient (Wildman–Crippen LogP) is -1.25. The van der Waals surface area contributed by atoms with E-state index in [1.165, 1.54) is 19.2 Å². The molecule has 8 rings (SSSR count). The van der Waals surface area contributed by atoms with E-state index in [9.17, 15) is 27.6 Å². The fraction of sp³-hybridized carbons (Fsp3) is 0.500. The molecule has 260 valence electrons. The standard InChI is InChI=1S/C28H32N10O10S/c39-25(31-5-9-45-10-6-31)23-1-3-35(29-23)19-13-21-17-33(15-19)27(41)37(21)47-49(43,44)48-38-22-14-20(16-34(18-22)28(38)42)36-4-2-24(30-36)26(40)32-7-11-46-12-8-32/h1-4,13-14,21-22H,5-12,15-18H2. The number of nitrogens with zero attached hydrogens (tertiary/aromatic N) is 10. The maximum Gasteiger partial charge on any atom is 0.442 e. The molecule has 6 aliphatic heterocycles. The molecule has 4 bridgehead atoms. The maximum atomic E-state index is 13.1. The van der Waals surface area contributed by atoms with Crippen LogP contribution in [0.1, 0.15) is 21.0 Å². The summed E-state index contributed by atoms with van der Waals surface area (Å²) in [6.45, 7) is 4.12. The van der Waals surface area contributed by atoms with E-state index >= 15 is 0 Å². The summed E-state index contributed by atoms with van der Waals surface area (Å²) < 4.78 is 50.1. The summed E-state index contributed by atoms with van der Waals surface area (Å²) in [7, 11) is -4.96. The van der Waals surface area contributed by atoms with Gasteiger partial charge < -0.3 is 29.1 Å². The highest BCUT2D eigenvalue weighted by atomic mass is 32.3. The third-order valence-corrected chi connectivity index (χ3v) is 9.64. The Bertz CT molecular complexity index is 1730. The molecule has 4 saturated heterocycles. The number of carbonyl (C=O) groups excluding carboxylic acids is 4. The first-order valence-electron chi connectivity index (χ1n) is 15.7. The van der Waals surface area contributed by atoms with E-state index in [0.29, 0.717) is 74.1 Å². The molecule has 0 aromatic carbocycles. The quantitative estimate of drug-likeness (QED) is 0.318.